The van der Waals surface area contributed by atoms with Crippen molar-refractivity contribution < 1.29 is 19.1 Å². The van der Waals surface area contributed by atoms with Crippen LogP contribution in [0.4, 0.5) is 5.69 Å². The van der Waals surface area contributed by atoms with Gasteiger partial charge in [0.05, 0.1) is 24.6 Å². The fraction of sp³-hybridized carbons (Fsp3) is 0.381. The third-order valence-corrected chi connectivity index (χ3v) is 5.82. The third kappa shape index (κ3) is 2.06. The van der Waals surface area contributed by atoms with Crippen LogP contribution in [0.3, 0.4) is 0 Å². The molecule has 2 fully saturated rings. The van der Waals surface area contributed by atoms with Gasteiger partial charge >= 0.3 is 0 Å². The molecule has 4 atom stereocenters. The molecule has 5 heteroatoms. The van der Waals surface area contributed by atoms with Crippen molar-refractivity contribution in [2.24, 2.45) is 23.7 Å². The van der Waals surface area contributed by atoms with E-state index in [-0.39, 0.29) is 41.3 Å². The SMILES string of the molecule is COc1ccc(C(C)=O)cc1N1C(=O)[C@@H]2[C@@H](C1=O)[C@H]1C=C[C@H]2C1=C(C)C. The molecule has 2 aliphatic carbocycles. The van der Waals surface area contributed by atoms with E-state index in [0.717, 1.165) is 0 Å². The summed E-state index contributed by atoms with van der Waals surface area (Å²) in [6.07, 6.45) is 4.12. The molecule has 1 saturated carbocycles. The lowest BCUT2D eigenvalue weighted by atomic mass is 9.85. The second-order valence-electron chi connectivity index (χ2n) is 7.40. The van der Waals surface area contributed by atoms with Gasteiger partial charge in [-0.05, 0) is 39.0 Å². The summed E-state index contributed by atoms with van der Waals surface area (Å²) in [7, 11) is 1.49. The van der Waals surface area contributed by atoms with E-state index in [1.807, 2.05) is 13.8 Å². The van der Waals surface area contributed by atoms with Gasteiger partial charge in [-0.25, -0.2) is 4.90 Å². The number of fused-ring (bicyclic) bond motifs is 5. The van der Waals surface area contributed by atoms with Crippen molar-refractivity contribution in [3.05, 3.63) is 47.1 Å². The standard InChI is InChI=1S/C21H21NO4/c1-10(2)17-13-6-7-14(17)19-18(13)20(24)22(21(19)25)15-9-12(11(3)23)5-8-16(15)26-4/h5-9,13-14,18-19H,1-4H3/t13-,14-,18-,19-/m0/s1. The number of hydrogen-bond acceptors (Lipinski definition) is 4. The third-order valence-electron chi connectivity index (χ3n) is 5.82. The predicted octanol–water partition coefficient (Wildman–Crippen LogP) is 3.16. The van der Waals surface area contributed by atoms with Gasteiger partial charge in [-0.15, -0.1) is 0 Å². The Bertz CT molecular complexity index is 873. The summed E-state index contributed by atoms with van der Waals surface area (Å²) in [5.74, 6) is -0.816. The molecule has 134 valence electrons. The van der Waals surface area contributed by atoms with E-state index >= 15 is 0 Å². The second kappa shape index (κ2) is 5.66. The molecule has 0 spiro atoms. The zero-order chi connectivity index (χ0) is 18.7. The quantitative estimate of drug-likeness (QED) is 0.477. The van der Waals surface area contributed by atoms with E-state index in [2.05, 4.69) is 12.2 Å². The average molecular weight is 351 g/mol. The van der Waals surface area contributed by atoms with E-state index in [4.69, 9.17) is 4.74 Å². The van der Waals surface area contributed by atoms with Crippen molar-refractivity contribution >= 4 is 23.3 Å². The van der Waals surface area contributed by atoms with Crippen LogP contribution in [0.5, 0.6) is 5.75 Å². The Kier molecular flexibility index (Phi) is 3.65. The molecule has 0 N–H and O–H groups in total. The number of Topliss-reactive ketones (excluding diaryl/α,β-unsaturated/α-hetero) is 1. The molecule has 1 heterocycles. The summed E-state index contributed by atoms with van der Waals surface area (Å²) in [4.78, 5) is 39.4. The van der Waals surface area contributed by atoms with E-state index in [1.165, 1.54) is 30.1 Å². The van der Waals surface area contributed by atoms with Crippen molar-refractivity contribution in [1.82, 2.24) is 0 Å². The van der Waals surface area contributed by atoms with Crippen LogP contribution in [-0.4, -0.2) is 24.7 Å². The molecule has 1 saturated heterocycles. The van der Waals surface area contributed by atoms with Gasteiger partial charge in [0.2, 0.25) is 11.8 Å². The second-order valence-corrected chi connectivity index (χ2v) is 7.40. The van der Waals surface area contributed by atoms with Gasteiger partial charge in [0.25, 0.3) is 0 Å². The number of ether oxygens (including phenoxy) is 1. The fourth-order valence-corrected chi connectivity index (χ4v) is 4.75. The van der Waals surface area contributed by atoms with Crippen LogP contribution in [0, 0.1) is 23.7 Å². The first-order valence-corrected chi connectivity index (χ1v) is 8.79. The van der Waals surface area contributed by atoms with Crippen LogP contribution < -0.4 is 9.64 Å². The molecule has 0 aromatic heterocycles. The largest absolute Gasteiger partial charge is 0.495 e. The lowest BCUT2D eigenvalue weighted by Crippen LogP contribution is -2.33. The molecule has 4 rings (SSSR count). The molecule has 0 radical (unpaired) electrons. The topological polar surface area (TPSA) is 63.7 Å². The number of methoxy groups -OCH3 is 1. The number of imide groups is 1. The van der Waals surface area contributed by atoms with Gasteiger partial charge in [-0.1, -0.05) is 23.3 Å². The van der Waals surface area contributed by atoms with Crippen LogP contribution in [-0.2, 0) is 9.59 Å². The highest BCUT2D eigenvalue weighted by molar-refractivity contribution is 6.24. The molecule has 2 bridgehead atoms. The molecule has 3 aliphatic rings. The van der Waals surface area contributed by atoms with E-state index in [0.29, 0.717) is 17.0 Å². The number of rotatable bonds is 3. The van der Waals surface area contributed by atoms with Crippen LogP contribution in [0.25, 0.3) is 0 Å². The van der Waals surface area contributed by atoms with Gasteiger partial charge < -0.3 is 4.74 Å². The lowest BCUT2D eigenvalue weighted by Gasteiger charge is -2.21. The number of carbonyl (C=O) groups is 3. The molecule has 26 heavy (non-hydrogen) atoms. The molecular weight excluding hydrogens is 330 g/mol. The molecule has 5 nitrogen and oxygen atoms in total. The van der Waals surface area contributed by atoms with Crippen molar-refractivity contribution in [2.45, 2.75) is 20.8 Å². The van der Waals surface area contributed by atoms with Crippen molar-refractivity contribution in [3.8, 4) is 5.75 Å². The molecular formula is C21H21NO4. The van der Waals surface area contributed by atoms with Crippen LogP contribution >= 0.6 is 0 Å². The van der Waals surface area contributed by atoms with Crippen molar-refractivity contribution in [1.29, 1.82) is 0 Å². The number of nitrogens with zero attached hydrogens (tertiary/aromatic N) is 1. The van der Waals surface area contributed by atoms with Crippen LogP contribution in [0.15, 0.2) is 41.5 Å². The molecule has 1 aromatic rings. The maximum atomic E-state index is 13.2. The van der Waals surface area contributed by atoms with Crippen LogP contribution in [0.1, 0.15) is 31.1 Å². The van der Waals surface area contributed by atoms with Crippen LogP contribution in [0.2, 0.25) is 0 Å². The number of hydrogen-bond donors (Lipinski definition) is 0. The van der Waals surface area contributed by atoms with E-state index in [9.17, 15) is 14.4 Å². The van der Waals surface area contributed by atoms with Gasteiger partial charge in [0.15, 0.2) is 5.78 Å². The fourth-order valence-electron chi connectivity index (χ4n) is 4.75. The van der Waals surface area contributed by atoms with Crippen molar-refractivity contribution in [2.75, 3.05) is 12.0 Å². The Labute approximate surface area is 152 Å². The summed E-state index contributed by atoms with van der Waals surface area (Å²) >= 11 is 0. The van der Waals surface area contributed by atoms with Gasteiger partial charge in [-0.3, -0.25) is 14.4 Å². The number of allylic oxidation sites excluding steroid dienone is 4. The zero-order valence-electron chi connectivity index (χ0n) is 15.3. The number of anilines is 1. The van der Waals surface area contributed by atoms with Crippen molar-refractivity contribution in [3.63, 3.8) is 0 Å². The molecule has 0 unspecified atom stereocenters. The van der Waals surface area contributed by atoms with E-state index in [1.54, 1.807) is 18.2 Å². The van der Waals surface area contributed by atoms with Gasteiger partial charge in [-0.2, -0.15) is 0 Å². The van der Waals surface area contributed by atoms with Gasteiger partial charge in [0, 0.05) is 17.4 Å². The Morgan fingerprint density at radius 2 is 1.58 bits per heavy atom. The van der Waals surface area contributed by atoms with E-state index < -0.39 is 0 Å². The highest BCUT2D eigenvalue weighted by atomic mass is 16.5. The zero-order valence-corrected chi connectivity index (χ0v) is 15.3. The first kappa shape index (κ1) is 16.8. The lowest BCUT2D eigenvalue weighted by molar-refractivity contribution is -0.123. The monoisotopic (exact) mass is 351 g/mol. The Morgan fingerprint density at radius 3 is 2.04 bits per heavy atom. The smallest absolute Gasteiger partial charge is 0.238 e. The van der Waals surface area contributed by atoms with Gasteiger partial charge in [0.1, 0.15) is 5.75 Å². The highest BCUT2D eigenvalue weighted by Crippen LogP contribution is 2.57. The highest BCUT2D eigenvalue weighted by Gasteiger charge is 2.62. The molecule has 1 aromatic carbocycles. The number of amides is 2. The number of benzene rings is 1. The summed E-state index contributed by atoms with van der Waals surface area (Å²) in [6.45, 7) is 5.53. The normalized spacial score (nSPS) is 28.8. The summed E-state index contributed by atoms with van der Waals surface area (Å²) in [5, 5.41) is 0. The molecule has 1 aliphatic heterocycles. The molecule has 2 amide bonds. The maximum Gasteiger partial charge on any atom is 0.238 e. The maximum absolute atomic E-state index is 13.2. The summed E-state index contributed by atoms with van der Waals surface area (Å²) in [5.41, 5.74) is 3.21. The summed E-state index contributed by atoms with van der Waals surface area (Å²) in [6, 6.07) is 4.85. The number of ketones is 1. The average Bonchev–Trinajstić information content (AvgIpc) is 3.24. The Balaban J connectivity index is 1.80. The first-order chi connectivity index (χ1) is 12.4. The predicted molar refractivity (Wildman–Crippen MR) is 97.0 cm³/mol. The summed E-state index contributed by atoms with van der Waals surface area (Å²) < 4.78 is 5.36. The Morgan fingerprint density at radius 1 is 1.00 bits per heavy atom. The minimum Gasteiger partial charge on any atom is -0.495 e. The number of carbonyl (C=O) groups excluding carboxylic acids is 3. The first-order valence-electron chi connectivity index (χ1n) is 8.79. The minimum atomic E-state index is -0.354. The minimum absolute atomic E-state index is 0.00145. The Hall–Kier alpha value is -2.69.